The molecule has 8 heteroatoms. The molecule has 0 bridgehead atoms. The van der Waals surface area contributed by atoms with E-state index < -0.39 is 11.8 Å². The normalized spacial score (nSPS) is 19.2. The van der Waals surface area contributed by atoms with Crippen LogP contribution in [0.15, 0.2) is 0 Å². The molecule has 102 valence electrons. The Hall–Kier alpha value is -1.28. The van der Waals surface area contributed by atoms with Crippen LogP contribution in [0.1, 0.15) is 6.42 Å². The Bertz CT molecular complexity index is 315. The molecule has 1 aliphatic rings. The average molecular weight is 274 g/mol. The average Bonchev–Trinajstić information content (AvgIpc) is 2.28. The Balaban J connectivity index is 2.51. The van der Waals surface area contributed by atoms with Crippen molar-refractivity contribution in [1.29, 1.82) is 0 Å². The number of rotatable bonds is 6. The fourth-order valence-electron chi connectivity index (χ4n) is 1.70. The van der Waals surface area contributed by atoms with Gasteiger partial charge >= 0.3 is 0 Å². The van der Waals surface area contributed by atoms with E-state index in [0.29, 0.717) is 0 Å². The summed E-state index contributed by atoms with van der Waals surface area (Å²) in [5.74, 6) is 0.266. The summed E-state index contributed by atoms with van der Waals surface area (Å²) in [5.41, 5.74) is 10.1. The molecular formula is C10H18N4O3S. The van der Waals surface area contributed by atoms with Gasteiger partial charge in [-0.3, -0.25) is 14.4 Å². The number of thioether (sulfide) groups is 1. The second-order valence-corrected chi connectivity index (χ2v) is 5.26. The van der Waals surface area contributed by atoms with Crippen LogP contribution in [0.5, 0.6) is 0 Å². The highest BCUT2D eigenvalue weighted by molar-refractivity contribution is 7.99. The van der Waals surface area contributed by atoms with Crippen LogP contribution in [0.25, 0.3) is 0 Å². The number of carbonyl (C=O) groups excluding carboxylic acids is 3. The van der Waals surface area contributed by atoms with Gasteiger partial charge in [0.2, 0.25) is 17.7 Å². The lowest BCUT2D eigenvalue weighted by molar-refractivity contribution is -0.138. The molecule has 5 N–H and O–H groups in total. The first-order valence-corrected chi connectivity index (χ1v) is 6.80. The van der Waals surface area contributed by atoms with Gasteiger partial charge in [-0.15, -0.1) is 0 Å². The third-order valence-electron chi connectivity index (χ3n) is 2.47. The van der Waals surface area contributed by atoms with Crippen molar-refractivity contribution in [3.63, 3.8) is 0 Å². The Kier molecular flexibility index (Phi) is 5.93. The van der Waals surface area contributed by atoms with Gasteiger partial charge in [-0.25, -0.2) is 0 Å². The van der Waals surface area contributed by atoms with Gasteiger partial charge in [-0.2, -0.15) is 11.8 Å². The Morgan fingerprint density at radius 1 is 1.22 bits per heavy atom. The highest BCUT2D eigenvalue weighted by Gasteiger charge is 2.22. The van der Waals surface area contributed by atoms with Crippen molar-refractivity contribution >= 4 is 29.5 Å². The summed E-state index contributed by atoms with van der Waals surface area (Å²) in [6.45, 7) is 0.303. The summed E-state index contributed by atoms with van der Waals surface area (Å²) in [4.78, 5) is 34.7. The molecular weight excluding hydrogens is 256 g/mol. The smallest absolute Gasteiger partial charge is 0.237 e. The zero-order valence-corrected chi connectivity index (χ0v) is 10.9. The first-order chi connectivity index (χ1) is 8.49. The van der Waals surface area contributed by atoms with E-state index >= 15 is 0 Å². The molecule has 7 nitrogen and oxygen atoms in total. The monoisotopic (exact) mass is 274 g/mol. The highest BCUT2D eigenvalue weighted by atomic mass is 32.2. The van der Waals surface area contributed by atoms with Gasteiger partial charge in [0.25, 0.3) is 0 Å². The van der Waals surface area contributed by atoms with Crippen LogP contribution in [-0.4, -0.2) is 59.8 Å². The molecule has 3 amide bonds. The van der Waals surface area contributed by atoms with E-state index in [1.165, 1.54) is 0 Å². The third kappa shape index (κ3) is 5.37. The summed E-state index contributed by atoms with van der Waals surface area (Å²) in [5, 5.41) is 3.21. The van der Waals surface area contributed by atoms with Crippen molar-refractivity contribution in [2.75, 3.05) is 31.1 Å². The predicted molar refractivity (Wildman–Crippen MR) is 68.7 cm³/mol. The molecule has 1 atom stereocenters. The van der Waals surface area contributed by atoms with Crippen LogP contribution in [0.3, 0.4) is 0 Å². The van der Waals surface area contributed by atoms with Crippen LogP contribution in [0.4, 0.5) is 0 Å². The first kappa shape index (κ1) is 14.8. The van der Waals surface area contributed by atoms with E-state index in [0.717, 1.165) is 23.0 Å². The molecule has 0 aromatic carbocycles. The molecule has 18 heavy (non-hydrogen) atoms. The van der Waals surface area contributed by atoms with Crippen LogP contribution in [0.2, 0.25) is 0 Å². The van der Waals surface area contributed by atoms with Crippen molar-refractivity contribution in [2.45, 2.75) is 12.5 Å². The molecule has 1 unspecified atom stereocenters. The van der Waals surface area contributed by atoms with Gasteiger partial charge in [0.15, 0.2) is 0 Å². The molecule has 0 radical (unpaired) electrons. The maximum Gasteiger partial charge on any atom is 0.237 e. The minimum Gasteiger partial charge on any atom is -0.368 e. The maximum absolute atomic E-state index is 11.9. The molecule has 0 spiro atoms. The maximum atomic E-state index is 11.9. The van der Waals surface area contributed by atoms with E-state index in [1.54, 1.807) is 11.8 Å². The quantitative estimate of drug-likeness (QED) is 0.512. The van der Waals surface area contributed by atoms with Crippen molar-refractivity contribution in [2.24, 2.45) is 11.5 Å². The van der Waals surface area contributed by atoms with Gasteiger partial charge < -0.3 is 21.7 Å². The summed E-state index contributed by atoms with van der Waals surface area (Å²) in [6, 6.07) is 0.0690. The zero-order chi connectivity index (χ0) is 13.5. The molecule has 0 saturated carbocycles. The number of carbonyl (C=O) groups is 3. The Labute approximate surface area is 110 Å². The summed E-state index contributed by atoms with van der Waals surface area (Å²) in [7, 11) is 0. The van der Waals surface area contributed by atoms with Gasteiger partial charge in [-0.05, 0) is 0 Å². The van der Waals surface area contributed by atoms with Crippen molar-refractivity contribution in [1.82, 2.24) is 10.2 Å². The van der Waals surface area contributed by atoms with Gasteiger partial charge in [0.1, 0.15) is 0 Å². The number of nitrogens with two attached hydrogens (primary N) is 2. The van der Waals surface area contributed by atoms with Crippen molar-refractivity contribution in [3.05, 3.63) is 0 Å². The number of primary amides is 2. The van der Waals surface area contributed by atoms with Crippen LogP contribution >= 0.6 is 11.8 Å². The molecule has 1 heterocycles. The fourth-order valence-corrected chi connectivity index (χ4v) is 2.65. The summed E-state index contributed by atoms with van der Waals surface area (Å²) >= 11 is 1.77. The Morgan fingerprint density at radius 2 is 1.83 bits per heavy atom. The van der Waals surface area contributed by atoms with Crippen LogP contribution in [-0.2, 0) is 14.4 Å². The summed E-state index contributed by atoms with van der Waals surface area (Å²) < 4.78 is 0. The highest BCUT2D eigenvalue weighted by Crippen LogP contribution is 2.11. The largest absolute Gasteiger partial charge is 0.368 e. The van der Waals surface area contributed by atoms with E-state index in [4.69, 9.17) is 11.5 Å². The first-order valence-electron chi connectivity index (χ1n) is 5.64. The lowest BCUT2D eigenvalue weighted by Gasteiger charge is -2.26. The van der Waals surface area contributed by atoms with Gasteiger partial charge in [0, 0.05) is 30.5 Å². The molecule has 1 saturated heterocycles. The second kappa shape index (κ2) is 7.22. The lowest BCUT2D eigenvalue weighted by Crippen LogP contribution is -2.47. The predicted octanol–water partition coefficient (Wildman–Crippen LogP) is -2.12. The summed E-state index contributed by atoms with van der Waals surface area (Å²) in [6.07, 6.45) is 0.244. The number of nitrogens with zero attached hydrogens (tertiary/aromatic N) is 1. The van der Waals surface area contributed by atoms with E-state index in [9.17, 15) is 14.4 Å². The van der Waals surface area contributed by atoms with E-state index in [-0.39, 0.29) is 31.5 Å². The SMILES string of the molecule is NC(=O)CN(CC(N)=O)C(=O)CC1CSCCN1. The number of hydrogen-bond acceptors (Lipinski definition) is 5. The topological polar surface area (TPSA) is 119 Å². The third-order valence-corrected chi connectivity index (χ3v) is 3.60. The molecule has 1 fully saturated rings. The van der Waals surface area contributed by atoms with Crippen molar-refractivity contribution < 1.29 is 14.4 Å². The molecule has 1 rings (SSSR count). The van der Waals surface area contributed by atoms with Gasteiger partial charge in [0.05, 0.1) is 13.1 Å². The minimum atomic E-state index is -0.657. The van der Waals surface area contributed by atoms with E-state index in [2.05, 4.69) is 5.32 Å². The molecule has 1 aliphatic heterocycles. The second-order valence-electron chi connectivity index (χ2n) is 4.11. The molecule has 0 aromatic rings. The number of amides is 3. The lowest BCUT2D eigenvalue weighted by atomic mass is 10.2. The van der Waals surface area contributed by atoms with Gasteiger partial charge in [-0.1, -0.05) is 0 Å². The van der Waals surface area contributed by atoms with E-state index in [1.807, 2.05) is 0 Å². The fraction of sp³-hybridized carbons (Fsp3) is 0.700. The Morgan fingerprint density at radius 3 is 2.28 bits per heavy atom. The molecule has 0 aromatic heterocycles. The minimum absolute atomic E-state index is 0.0690. The standard InChI is InChI=1S/C10H18N4O3S/c11-8(15)4-14(5-9(12)16)10(17)3-7-6-18-2-1-13-7/h7,13H,1-6H2,(H2,11,15)(H2,12,16). The van der Waals surface area contributed by atoms with Crippen LogP contribution in [0, 0.1) is 0 Å². The van der Waals surface area contributed by atoms with Crippen LogP contribution < -0.4 is 16.8 Å². The van der Waals surface area contributed by atoms with Crippen molar-refractivity contribution in [3.8, 4) is 0 Å². The number of hydrogen-bond donors (Lipinski definition) is 3. The number of nitrogens with one attached hydrogen (secondary N) is 1. The zero-order valence-electron chi connectivity index (χ0n) is 10.1. The molecule has 0 aliphatic carbocycles.